The highest BCUT2D eigenvalue weighted by molar-refractivity contribution is 9.10. The molecule has 0 amide bonds. The first-order chi connectivity index (χ1) is 8.70. The van der Waals surface area contributed by atoms with Crippen LogP contribution in [0.15, 0.2) is 41.0 Å². The highest BCUT2D eigenvalue weighted by Crippen LogP contribution is 2.23. The van der Waals surface area contributed by atoms with Crippen LogP contribution < -0.4 is 10.5 Å². The molecule has 2 N–H and O–H groups in total. The Balaban J connectivity index is 2.13. The van der Waals surface area contributed by atoms with Crippen molar-refractivity contribution in [3.05, 3.63) is 57.8 Å². The molecule has 94 valence electrons. The molecule has 0 radical (unpaired) electrons. The maximum absolute atomic E-state index is 5.79. The van der Waals surface area contributed by atoms with E-state index in [1.165, 1.54) is 0 Å². The van der Waals surface area contributed by atoms with Gasteiger partial charge in [-0.3, -0.25) is 4.98 Å². The van der Waals surface area contributed by atoms with E-state index in [4.69, 9.17) is 10.5 Å². The first-order valence-corrected chi connectivity index (χ1v) is 6.52. The second-order valence-electron chi connectivity index (χ2n) is 4.01. The Morgan fingerprint density at radius 1 is 1.33 bits per heavy atom. The van der Waals surface area contributed by atoms with Crippen molar-refractivity contribution in [3.63, 3.8) is 0 Å². The second kappa shape index (κ2) is 5.98. The normalized spacial score (nSPS) is 10.4. The molecule has 18 heavy (non-hydrogen) atoms. The lowest BCUT2D eigenvalue weighted by atomic mass is 10.2. The molecule has 1 aromatic carbocycles. The van der Waals surface area contributed by atoms with Gasteiger partial charge in [0.15, 0.2) is 0 Å². The monoisotopic (exact) mass is 306 g/mol. The predicted octanol–water partition coefficient (Wildman–Crippen LogP) is 3.19. The van der Waals surface area contributed by atoms with Gasteiger partial charge in [0.05, 0.1) is 5.69 Å². The number of nitrogens with zero attached hydrogens (tertiary/aromatic N) is 1. The summed E-state index contributed by atoms with van der Waals surface area (Å²) < 4.78 is 6.79. The van der Waals surface area contributed by atoms with Crippen LogP contribution in [-0.2, 0) is 13.2 Å². The van der Waals surface area contributed by atoms with Gasteiger partial charge in [-0.2, -0.15) is 0 Å². The summed E-state index contributed by atoms with van der Waals surface area (Å²) in [7, 11) is 0. The van der Waals surface area contributed by atoms with Crippen LogP contribution in [0.5, 0.6) is 5.75 Å². The van der Waals surface area contributed by atoms with Gasteiger partial charge >= 0.3 is 0 Å². The average Bonchev–Trinajstić information content (AvgIpc) is 2.39. The summed E-state index contributed by atoms with van der Waals surface area (Å²) in [6, 6.07) is 9.78. The van der Waals surface area contributed by atoms with E-state index in [0.717, 1.165) is 27.0 Å². The van der Waals surface area contributed by atoms with Crippen molar-refractivity contribution in [1.82, 2.24) is 4.98 Å². The highest BCUT2D eigenvalue weighted by atomic mass is 79.9. The van der Waals surface area contributed by atoms with Gasteiger partial charge < -0.3 is 10.5 Å². The Morgan fingerprint density at radius 3 is 2.89 bits per heavy atom. The molecule has 2 rings (SSSR count). The van der Waals surface area contributed by atoms with Gasteiger partial charge in [-0.15, -0.1) is 0 Å². The van der Waals surface area contributed by atoms with Gasteiger partial charge in [0, 0.05) is 22.8 Å². The number of rotatable bonds is 4. The molecule has 3 nitrogen and oxygen atoms in total. The molecule has 0 bridgehead atoms. The van der Waals surface area contributed by atoms with Crippen LogP contribution in [0.25, 0.3) is 0 Å². The molecule has 0 fully saturated rings. The highest BCUT2D eigenvalue weighted by Gasteiger charge is 2.05. The van der Waals surface area contributed by atoms with Crippen molar-refractivity contribution in [3.8, 4) is 5.75 Å². The quantitative estimate of drug-likeness (QED) is 0.943. The molecule has 0 spiro atoms. The topological polar surface area (TPSA) is 48.1 Å². The van der Waals surface area contributed by atoms with Crippen molar-refractivity contribution in [2.24, 2.45) is 5.73 Å². The van der Waals surface area contributed by atoms with E-state index in [2.05, 4.69) is 20.9 Å². The summed E-state index contributed by atoms with van der Waals surface area (Å²) in [4.78, 5) is 4.30. The minimum absolute atomic E-state index is 0.454. The zero-order valence-electron chi connectivity index (χ0n) is 10.2. The molecular weight excluding hydrogens is 292 g/mol. The number of halogens is 1. The van der Waals surface area contributed by atoms with Crippen molar-refractivity contribution in [2.75, 3.05) is 0 Å². The molecular formula is C14H15BrN2O. The number of nitrogens with two attached hydrogens (primary N) is 1. The van der Waals surface area contributed by atoms with E-state index in [1.54, 1.807) is 6.20 Å². The fraction of sp³-hybridized carbons (Fsp3) is 0.214. The molecule has 2 aromatic rings. The number of benzene rings is 1. The molecule has 0 aliphatic rings. The van der Waals surface area contributed by atoms with E-state index >= 15 is 0 Å². The van der Waals surface area contributed by atoms with Gasteiger partial charge in [-0.1, -0.05) is 22.0 Å². The Morgan fingerprint density at radius 2 is 2.17 bits per heavy atom. The summed E-state index contributed by atoms with van der Waals surface area (Å²) in [5.74, 6) is 0.811. The first kappa shape index (κ1) is 13.1. The standard InChI is InChI=1S/C14H15BrN2O/c1-10-3-2-6-17-13(10)9-18-14-5-4-12(15)7-11(14)8-16/h2-7H,8-9,16H2,1H3. The van der Waals surface area contributed by atoms with Gasteiger partial charge in [-0.25, -0.2) is 0 Å². The number of ether oxygens (including phenoxy) is 1. The Hall–Kier alpha value is -1.39. The van der Waals surface area contributed by atoms with Gasteiger partial charge in [-0.05, 0) is 36.8 Å². The van der Waals surface area contributed by atoms with E-state index in [1.807, 2.05) is 37.3 Å². The summed E-state index contributed by atoms with van der Waals surface area (Å²) in [6.45, 7) is 2.94. The first-order valence-electron chi connectivity index (χ1n) is 5.72. The maximum Gasteiger partial charge on any atom is 0.130 e. The van der Waals surface area contributed by atoms with E-state index in [9.17, 15) is 0 Å². The van der Waals surface area contributed by atoms with Crippen LogP contribution in [0, 0.1) is 6.92 Å². The van der Waals surface area contributed by atoms with E-state index in [-0.39, 0.29) is 0 Å². The fourth-order valence-electron chi connectivity index (χ4n) is 1.66. The van der Waals surface area contributed by atoms with Gasteiger partial charge in [0.25, 0.3) is 0 Å². The summed E-state index contributed by atoms with van der Waals surface area (Å²) >= 11 is 3.42. The molecule has 0 aliphatic heterocycles. The molecule has 1 aromatic heterocycles. The third kappa shape index (κ3) is 3.09. The van der Waals surface area contributed by atoms with Crippen LogP contribution >= 0.6 is 15.9 Å². The van der Waals surface area contributed by atoms with Crippen molar-refractivity contribution in [1.29, 1.82) is 0 Å². The molecule has 0 atom stereocenters. The third-order valence-corrected chi connectivity index (χ3v) is 3.22. The lowest BCUT2D eigenvalue weighted by Crippen LogP contribution is -2.04. The van der Waals surface area contributed by atoms with Crippen molar-refractivity contribution in [2.45, 2.75) is 20.1 Å². The number of aromatic nitrogens is 1. The Labute approximate surface area is 115 Å². The minimum Gasteiger partial charge on any atom is -0.487 e. The van der Waals surface area contributed by atoms with Crippen LogP contribution in [0.3, 0.4) is 0 Å². The molecule has 4 heteroatoms. The zero-order chi connectivity index (χ0) is 13.0. The molecule has 0 saturated carbocycles. The smallest absolute Gasteiger partial charge is 0.130 e. The van der Waals surface area contributed by atoms with Crippen LogP contribution in [-0.4, -0.2) is 4.98 Å². The minimum atomic E-state index is 0.454. The third-order valence-electron chi connectivity index (χ3n) is 2.72. The summed E-state index contributed by atoms with van der Waals surface area (Å²) in [5.41, 5.74) is 8.76. The number of hydrogen-bond donors (Lipinski definition) is 1. The SMILES string of the molecule is Cc1cccnc1COc1ccc(Br)cc1CN. The number of pyridine rings is 1. The fourth-order valence-corrected chi connectivity index (χ4v) is 2.07. The zero-order valence-corrected chi connectivity index (χ0v) is 11.8. The molecule has 1 heterocycles. The lowest BCUT2D eigenvalue weighted by Gasteiger charge is -2.11. The summed E-state index contributed by atoms with van der Waals surface area (Å²) in [6.07, 6.45) is 1.77. The number of hydrogen-bond acceptors (Lipinski definition) is 3. The van der Waals surface area contributed by atoms with Crippen LogP contribution in [0.4, 0.5) is 0 Å². The lowest BCUT2D eigenvalue weighted by molar-refractivity contribution is 0.297. The average molecular weight is 307 g/mol. The molecule has 0 saturated heterocycles. The van der Waals surface area contributed by atoms with E-state index in [0.29, 0.717) is 13.2 Å². The van der Waals surface area contributed by atoms with E-state index < -0.39 is 0 Å². The number of aryl methyl sites for hydroxylation is 1. The predicted molar refractivity (Wildman–Crippen MR) is 75.3 cm³/mol. The van der Waals surface area contributed by atoms with Gasteiger partial charge in [0.1, 0.15) is 12.4 Å². The maximum atomic E-state index is 5.79. The van der Waals surface area contributed by atoms with Crippen LogP contribution in [0.2, 0.25) is 0 Å². The van der Waals surface area contributed by atoms with Crippen LogP contribution in [0.1, 0.15) is 16.8 Å². The summed E-state index contributed by atoms with van der Waals surface area (Å²) in [5, 5.41) is 0. The molecule has 0 unspecified atom stereocenters. The van der Waals surface area contributed by atoms with Gasteiger partial charge in [0.2, 0.25) is 0 Å². The van der Waals surface area contributed by atoms with Crippen molar-refractivity contribution >= 4 is 15.9 Å². The molecule has 0 aliphatic carbocycles. The largest absolute Gasteiger partial charge is 0.487 e. The van der Waals surface area contributed by atoms with Crippen molar-refractivity contribution < 1.29 is 4.74 Å². The Bertz CT molecular complexity index is 543. The second-order valence-corrected chi connectivity index (χ2v) is 4.93. The Kier molecular flexibility index (Phi) is 4.33.